The van der Waals surface area contributed by atoms with Gasteiger partial charge in [0.15, 0.2) is 0 Å². The SMILES string of the molecule is CC1=CCCC(C)(C)C1CC[C@@]1(C)[C@@H]2CC[C@]3(C)[C@H](CC[C@]4(C)c5c(OS(=O)(=O)O)ccc(O)c5C[C@@H]34)[C@@]2(C)CC[C@@H]1O. The Hall–Kier alpha value is -1.57. The van der Waals surface area contributed by atoms with E-state index < -0.39 is 10.4 Å². The monoisotopic (exact) mass is 614 g/mol. The van der Waals surface area contributed by atoms with Crippen LogP contribution in [0.3, 0.4) is 0 Å². The van der Waals surface area contributed by atoms with Crippen LogP contribution in [0, 0.1) is 45.3 Å². The number of fused-ring (bicyclic) bond motifs is 7. The number of aliphatic hydroxyl groups is 1. The van der Waals surface area contributed by atoms with Gasteiger partial charge in [-0.3, -0.25) is 4.55 Å². The fraction of sp³-hybridized carbons (Fsp3) is 0.778. The number of allylic oxidation sites excluding steroid dienone is 2. The molecule has 1 aromatic rings. The van der Waals surface area contributed by atoms with Crippen molar-refractivity contribution in [2.75, 3.05) is 0 Å². The molecule has 0 heterocycles. The Labute approximate surface area is 259 Å². The van der Waals surface area contributed by atoms with E-state index in [2.05, 4.69) is 54.5 Å². The quantitative estimate of drug-likeness (QED) is 0.228. The Bertz CT molecular complexity index is 1430. The molecule has 9 atom stereocenters. The molecule has 6 nitrogen and oxygen atoms in total. The predicted octanol–water partition coefficient (Wildman–Crippen LogP) is 8.16. The van der Waals surface area contributed by atoms with Gasteiger partial charge in [0.1, 0.15) is 11.5 Å². The molecule has 7 heteroatoms. The molecule has 0 amide bonds. The van der Waals surface area contributed by atoms with Gasteiger partial charge in [-0.2, -0.15) is 8.42 Å². The van der Waals surface area contributed by atoms with Gasteiger partial charge in [-0.1, -0.05) is 53.2 Å². The summed E-state index contributed by atoms with van der Waals surface area (Å²) in [6.45, 7) is 16.7. The number of rotatable bonds is 5. The molecule has 3 fully saturated rings. The fourth-order valence-electron chi connectivity index (χ4n) is 12.4. The lowest BCUT2D eigenvalue weighted by Gasteiger charge is -2.68. The molecule has 1 unspecified atom stereocenters. The molecule has 240 valence electrons. The van der Waals surface area contributed by atoms with Crippen LogP contribution in [-0.2, 0) is 22.2 Å². The summed E-state index contributed by atoms with van der Waals surface area (Å²) in [5, 5.41) is 22.7. The minimum atomic E-state index is -4.69. The first-order valence-corrected chi connectivity index (χ1v) is 18.1. The topological polar surface area (TPSA) is 104 Å². The van der Waals surface area contributed by atoms with Crippen molar-refractivity contribution in [3.63, 3.8) is 0 Å². The summed E-state index contributed by atoms with van der Waals surface area (Å²) in [6.07, 6.45) is 13.3. The van der Waals surface area contributed by atoms with Crippen molar-refractivity contribution in [3.8, 4) is 11.5 Å². The van der Waals surface area contributed by atoms with Gasteiger partial charge in [-0.15, -0.1) is 0 Å². The third kappa shape index (κ3) is 4.64. The molecule has 3 saturated carbocycles. The van der Waals surface area contributed by atoms with Gasteiger partial charge in [0.05, 0.1) is 6.10 Å². The Morgan fingerprint density at radius 2 is 1.56 bits per heavy atom. The van der Waals surface area contributed by atoms with Crippen molar-refractivity contribution in [1.82, 2.24) is 0 Å². The van der Waals surface area contributed by atoms with Crippen LogP contribution >= 0.6 is 0 Å². The molecule has 3 N–H and O–H groups in total. The van der Waals surface area contributed by atoms with E-state index in [0.29, 0.717) is 24.2 Å². The Kier molecular flexibility index (Phi) is 7.28. The van der Waals surface area contributed by atoms with Gasteiger partial charge in [0.2, 0.25) is 0 Å². The van der Waals surface area contributed by atoms with Crippen molar-refractivity contribution in [3.05, 3.63) is 34.9 Å². The summed E-state index contributed by atoms with van der Waals surface area (Å²) in [5.41, 5.74) is 2.93. The zero-order valence-corrected chi connectivity index (χ0v) is 28.2. The summed E-state index contributed by atoms with van der Waals surface area (Å²) in [5.74, 6) is 2.02. The van der Waals surface area contributed by atoms with Crippen LogP contribution in [0.25, 0.3) is 0 Å². The summed E-state index contributed by atoms with van der Waals surface area (Å²) in [7, 11) is -4.69. The zero-order valence-electron chi connectivity index (χ0n) is 27.4. The highest BCUT2D eigenvalue weighted by atomic mass is 32.3. The standard InChI is InChI=1S/C36H54O6S/c1-22-9-8-16-32(2,3)24(22)12-17-35(6)28-13-18-34(5)27(33(28,4)20-15-30(35)38)14-19-36(7)29(34)21-23-25(37)10-11-26(31(23)36)42-43(39,40)41/h9-11,24,27-30,37-38H,8,12-21H2,1-7H3,(H,39,40,41)/t24?,27-,28-,29+,30+,33-,34-,35+,36+/m1/s1. The summed E-state index contributed by atoms with van der Waals surface area (Å²) < 4.78 is 38.2. The van der Waals surface area contributed by atoms with Crippen LogP contribution in [-0.4, -0.2) is 29.3 Å². The minimum Gasteiger partial charge on any atom is -0.508 e. The predicted molar refractivity (Wildman–Crippen MR) is 169 cm³/mol. The average molecular weight is 615 g/mol. The number of phenolic OH excluding ortho intramolecular Hbond substituents is 1. The maximum atomic E-state index is 11.8. The highest BCUT2D eigenvalue weighted by molar-refractivity contribution is 7.81. The third-order valence-corrected chi connectivity index (χ3v) is 14.9. The van der Waals surface area contributed by atoms with Gasteiger partial charge in [-0.05, 0) is 135 Å². The van der Waals surface area contributed by atoms with Crippen LogP contribution in [0.4, 0.5) is 0 Å². The minimum absolute atomic E-state index is 0.00699. The number of aromatic hydroxyl groups is 1. The van der Waals surface area contributed by atoms with E-state index >= 15 is 0 Å². The first kappa shape index (κ1) is 31.4. The normalized spacial score (nSPS) is 43.6. The fourth-order valence-corrected chi connectivity index (χ4v) is 12.8. The number of phenols is 1. The van der Waals surface area contributed by atoms with Gasteiger partial charge in [-0.25, -0.2) is 0 Å². The molecule has 0 saturated heterocycles. The lowest BCUT2D eigenvalue weighted by molar-refractivity contribution is -0.208. The van der Waals surface area contributed by atoms with Gasteiger partial charge < -0.3 is 14.4 Å². The second-order valence-electron chi connectivity index (χ2n) is 16.9. The zero-order chi connectivity index (χ0) is 31.4. The molecular weight excluding hydrogens is 560 g/mol. The smallest absolute Gasteiger partial charge is 0.446 e. The van der Waals surface area contributed by atoms with E-state index in [9.17, 15) is 23.2 Å². The molecule has 5 aliphatic carbocycles. The van der Waals surface area contributed by atoms with Crippen LogP contribution in [0.1, 0.15) is 124 Å². The van der Waals surface area contributed by atoms with E-state index in [-0.39, 0.29) is 50.6 Å². The Balaban J connectivity index is 1.32. The van der Waals surface area contributed by atoms with Crippen LogP contribution in [0.2, 0.25) is 0 Å². The van der Waals surface area contributed by atoms with Gasteiger partial charge >= 0.3 is 10.4 Å². The van der Waals surface area contributed by atoms with E-state index in [1.54, 1.807) is 0 Å². The number of hydrogen-bond donors (Lipinski definition) is 3. The summed E-state index contributed by atoms with van der Waals surface area (Å²) >= 11 is 0. The third-order valence-electron chi connectivity index (χ3n) is 14.5. The Morgan fingerprint density at radius 1 is 0.907 bits per heavy atom. The number of benzene rings is 1. The van der Waals surface area contributed by atoms with Crippen molar-refractivity contribution in [1.29, 1.82) is 0 Å². The molecule has 0 bridgehead atoms. The van der Waals surface area contributed by atoms with Crippen molar-refractivity contribution in [2.45, 2.75) is 131 Å². The van der Waals surface area contributed by atoms with Crippen LogP contribution < -0.4 is 4.18 Å². The van der Waals surface area contributed by atoms with E-state index in [1.165, 1.54) is 30.5 Å². The van der Waals surface area contributed by atoms with E-state index in [4.69, 9.17) is 4.18 Å². The molecule has 6 rings (SSSR count). The lowest BCUT2D eigenvalue weighted by Crippen LogP contribution is -2.63. The molecule has 0 aromatic heterocycles. The molecule has 5 aliphatic rings. The van der Waals surface area contributed by atoms with E-state index in [1.807, 2.05) is 0 Å². The average Bonchev–Trinajstić information content (AvgIpc) is 3.22. The number of aliphatic hydroxyl groups excluding tert-OH is 1. The first-order chi connectivity index (χ1) is 19.9. The molecular formula is C36H54O6S. The van der Waals surface area contributed by atoms with Crippen molar-refractivity contribution < 1.29 is 27.4 Å². The van der Waals surface area contributed by atoms with Gasteiger partial charge in [0.25, 0.3) is 0 Å². The summed E-state index contributed by atoms with van der Waals surface area (Å²) in [4.78, 5) is 0. The van der Waals surface area contributed by atoms with Gasteiger partial charge in [0, 0.05) is 16.5 Å². The lowest BCUT2D eigenvalue weighted by atomic mass is 9.36. The molecule has 0 radical (unpaired) electrons. The van der Waals surface area contributed by atoms with Crippen LogP contribution in [0.15, 0.2) is 23.8 Å². The molecule has 43 heavy (non-hydrogen) atoms. The maximum absolute atomic E-state index is 11.8. The summed E-state index contributed by atoms with van der Waals surface area (Å²) in [6, 6.07) is 2.98. The second kappa shape index (κ2) is 9.96. The number of hydrogen-bond acceptors (Lipinski definition) is 5. The highest BCUT2D eigenvalue weighted by Gasteiger charge is 2.67. The van der Waals surface area contributed by atoms with Crippen LogP contribution in [0.5, 0.6) is 11.5 Å². The Morgan fingerprint density at radius 3 is 2.23 bits per heavy atom. The van der Waals surface area contributed by atoms with Crippen molar-refractivity contribution >= 4 is 10.4 Å². The highest BCUT2D eigenvalue weighted by Crippen LogP contribution is 2.74. The second-order valence-corrected chi connectivity index (χ2v) is 18.0. The van der Waals surface area contributed by atoms with Crippen molar-refractivity contribution in [2.24, 2.45) is 45.3 Å². The molecule has 0 aliphatic heterocycles. The first-order valence-electron chi connectivity index (χ1n) is 16.7. The molecule has 1 aromatic carbocycles. The maximum Gasteiger partial charge on any atom is 0.446 e. The molecule has 0 spiro atoms. The van der Waals surface area contributed by atoms with E-state index in [0.717, 1.165) is 62.5 Å². The largest absolute Gasteiger partial charge is 0.508 e.